The molecule has 0 bridgehead atoms. The molecule has 0 rings (SSSR count). The Morgan fingerprint density at radius 2 is 0.909 bits per heavy atom. The van der Waals surface area contributed by atoms with Gasteiger partial charge in [-0.25, -0.2) is 0 Å². The van der Waals surface area contributed by atoms with Gasteiger partial charge in [-0.15, -0.1) is 0 Å². The molecule has 0 heterocycles. The van der Waals surface area contributed by atoms with E-state index in [2.05, 4.69) is 25.9 Å². The van der Waals surface area contributed by atoms with Gasteiger partial charge in [0.2, 0.25) is 0 Å². The Hall–Kier alpha value is -0.0800. The molecule has 74 valence electrons. The number of rotatable bonds is 1. The molecule has 0 atom stereocenters. The van der Waals surface area contributed by atoms with Crippen LogP contribution >= 0.6 is 0 Å². The highest BCUT2D eigenvalue weighted by atomic mass is 15.0. The molecule has 11 heavy (non-hydrogen) atoms. The van der Waals surface area contributed by atoms with Gasteiger partial charge in [0.25, 0.3) is 0 Å². The zero-order chi connectivity index (χ0) is 7.86. The topological polar surface area (TPSA) is 6.48 Å². The first-order valence-corrected chi connectivity index (χ1v) is 3.26. The van der Waals surface area contributed by atoms with Crippen molar-refractivity contribution in [2.45, 2.75) is 21.8 Å². The van der Waals surface area contributed by atoms with Crippen LogP contribution in [-0.2, 0) is 0 Å². The average molecular weight is 164 g/mol. The molecule has 2 heteroatoms. The van der Waals surface area contributed by atoms with E-state index in [9.17, 15) is 0 Å². The molecule has 0 unspecified atom stereocenters. The number of nitrogens with zero attached hydrogens (tertiary/aromatic N) is 2. The first-order valence-electron chi connectivity index (χ1n) is 3.26. The maximum Gasteiger partial charge on any atom is -0.00533 e. The van der Waals surface area contributed by atoms with E-state index in [4.69, 9.17) is 0 Å². The van der Waals surface area contributed by atoms with E-state index in [1.165, 1.54) is 0 Å². The minimum absolute atomic E-state index is 0. The van der Waals surface area contributed by atoms with Crippen LogP contribution in [0.15, 0.2) is 0 Å². The molecule has 0 aliphatic heterocycles. The van der Waals surface area contributed by atoms with Crippen molar-refractivity contribution in [1.29, 1.82) is 0 Å². The minimum Gasteiger partial charge on any atom is -0.312 e. The fourth-order valence-electron chi connectivity index (χ4n) is 0. The zero-order valence-electron chi connectivity index (χ0n) is 7.60. The largest absolute Gasteiger partial charge is 0.312 e. The van der Waals surface area contributed by atoms with E-state index < -0.39 is 0 Å². The van der Waals surface area contributed by atoms with Crippen molar-refractivity contribution in [3.05, 3.63) is 0 Å². The SMILES string of the molecule is C.C.CCN(C)C.CN(C)C. The molecule has 0 aromatic rings. The van der Waals surface area contributed by atoms with Crippen LogP contribution in [0.2, 0.25) is 0 Å². The van der Waals surface area contributed by atoms with Crippen molar-refractivity contribution in [3.8, 4) is 0 Å². The van der Waals surface area contributed by atoms with E-state index in [0.717, 1.165) is 6.54 Å². The van der Waals surface area contributed by atoms with Crippen LogP contribution in [0.1, 0.15) is 21.8 Å². The highest BCUT2D eigenvalue weighted by Crippen LogP contribution is 1.63. The molecule has 0 aliphatic rings. The van der Waals surface area contributed by atoms with Gasteiger partial charge < -0.3 is 9.80 Å². The summed E-state index contributed by atoms with van der Waals surface area (Å²) in [6, 6.07) is 0. The first-order chi connectivity index (χ1) is 4.00. The van der Waals surface area contributed by atoms with Crippen LogP contribution in [0.4, 0.5) is 0 Å². The maximum atomic E-state index is 2.12. The minimum atomic E-state index is 0. The van der Waals surface area contributed by atoms with Crippen LogP contribution in [0, 0.1) is 0 Å². The molecular weight excluding hydrogens is 136 g/mol. The molecule has 0 aromatic heterocycles. The van der Waals surface area contributed by atoms with E-state index in [-0.39, 0.29) is 14.9 Å². The summed E-state index contributed by atoms with van der Waals surface area (Å²) in [5, 5.41) is 0. The van der Waals surface area contributed by atoms with E-state index in [1.54, 1.807) is 0 Å². The molecule has 0 radical (unpaired) electrons. The monoisotopic (exact) mass is 164 g/mol. The third-order valence-corrected chi connectivity index (χ3v) is 0.632. The molecule has 0 saturated heterocycles. The van der Waals surface area contributed by atoms with Crippen molar-refractivity contribution in [2.75, 3.05) is 41.8 Å². The Bertz CT molecular complexity index is 40.1. The quantitative estimate of drug-likeness (QED) is 0.585. The summed E-state index contributed by atoms with van der Waals surface area (Å²) in [6.45, 7) is 3.26. The van der Waals surface area contributed by atoms with Gasteiger partial charge in [-0.3, -0.25) is 0 Å². The fraction of sp³-hybridized carbons (Fsp3) is 1.00. The van der Waals surface area contributed by atoms with E-state index in [1.807, 2.05) is 26.0 Å². The summed E-state index contributed by atoms with van der Waals surface area (Å²) in [5.74, 6) is 0. The Morgan fingerprint density at radius 3 is 0.909 bits per heavy atom. The van der Waals surface area contributed by atoms with Gasteiger partial charge in [0.15, 0.2) is 0 Å². The van der Waals surface area contributed by atoms with Crippen LogP contribution < -0.4 is 0 Å². The second-order valence-corrected chi connectivity index (χ2v) is 2.74. The predicted octanol–water partition coefficient (Wildman–Crippen LogP) is 2.02. The molecule has 0 fully saturated rings. The standard InChI is InChI=1S/C4H11N.C3H9N.2CH4/c1-4-5(2)3;1-4(2)3;;/h4H2,1-3H3;1-3H3;2*1H4. The van der Waals surface area contributed by atoms with Gasteiger partial charge in [0, 0.05) is 0 Å². The van der Waals surface area contributed by atoms with Crippen molar-refractivity contribution in [1.82, 2.24) is 9.80 Å². The Balaban J connectivity index is -0.0000000383. The van der Waals surface area contributed by atoms with Gasteiger partial charge in [0.1, 0.15) is 0 Å². The predicted molar refractivity (Wildman–Crippen MR) is 57.3 cm³/mol. The lowest BCUT2D eigenvalue weighted by molar-refractivity contribution is 0.434. The fourth-order valence-corrected chi connectivity index (χ4v) is 0. The van der Waals surface area contributed by atoms with Crippen LogP contribution in [0.3, 0.4) is 0 Å². The number of hydrogen-bond acceptors (Lipinski definition) is 2. The van der Waals surface area contributed by atoms with E-state index >= 15 is 0 Å². The Labute approximate surface area is 74.2 Å². The Kier molecular flexibility index (Phi) is 33.6. The highest BCUT2D eigenvalue weighted by Gasteiger charge is 1.72. The summed E-state index contributed by atoms with van der Waals surface area (Å²) in [7, 11) is 10.1. The van der Waals surface area contributed by atoms with Gasteiger partial charge in [-0.1, -0.05) is 21.8 Å². The van der Waals surface area contributed by atoms with Crippen LogP contribution in [-0.4, -0.2) is 51.6 Å². The van der Waals surface area contributed by atoms with Gasteiger partial charge >= 0.3 is 0 Å². The summed E-state index contributed by atoms with van der Waals surface area (Å²) in [5.41, 5.74) is 0. The molecule has 0 amide bonds. The third-order valence-electron chi connectivity index (χ3n) is 0.632. The van der Waals surface area contributed by atoms with Crippen molar-refractivity contribution in [2.24, 2.45) is 0 Å². The smallest absolute Gasteiger partial charge is 0.00533 e. The van der Waals surface area contributed by atoms with Gasteiger partial charge in [-0.05, 0) is 41.8 Å². The van der Waals surface area contributed by atoms with Crippen molar-refractivity contribution in [3.63, 3.8) is 0 Å². The summed E-state index contributed by atoms with van der Waals surface area (Å²) >= 11 is 0. The van der Waals surface area contributed by atoms with Gasteiger partial charge in [0.05, 0.1) is 0 Å². The van der Waals surface area contributed by atoms with Crippen molar-refractivity contribution >= 4 is 0 Å². The lowest BCUT2D eigenvalue weighted by atomic mass is 10.7. The number of hydrogen-bond donors (Lipinski definition) is 0. The van der Waals surface area contributed by atoms with Crippen molar-refractivity contribution < 1.29 is 0 Å². The highest BCUT2D eigenvalue weighted by molar-refractivity contribution is 4.25. The molecule has 0 aliphatic carbocycles. The van der Waals surface area contributed by atoms with Crippen LogP contribution in [0.5, 0.6) is 0 Å². The molecular formula is C9H28N2. The molecule has 0 aromatic carbocycles. The first kappa shape index (κ1) is 22.4. The summed E-state index contributed by atoms with van der Waals surface area (Å²) in [6.07, 6.45) is 0. The van der Waals surface area contributed by atoms with E-state index in [0.29, 0.717) is 0 Å². The molecule has 0 spiro atoms. The maximum absolute atomic E-state index is 2.12. The van der Waals surface area contributed by atoms with Gasteiger partial charge in [-0.2, -0.15) is 0 Å². The average Bonchev–Trinajstić information content (AvgIpc) is 1.65. The lowest BCUT2D eigenvalue weighted by Gasteiger charge is -2.00. The molecule has 0 N–H and O–H groups in total. The molecule has 2 nitrogen and oxygen atoms in total. The second-order valence-electron chi connectivity index (χ2n) is 2.74. The Morgan fingerprint density at radius 1 is 0.818 bits per heavy atom. The lowest BCUT2D eigenvalue weighted by Crippen LogP contribution is -2.08. The second kappa shape index (κ2) is 16.5. The third kappa shape index (κ3) is 169. The normalized spacial score (nSPS) is 7.64. The zero-order valence-corrected chi connectivity index (χ0v) is 7.60. The summed E-state index contributed by atoms with van der Waals surface area (Å²) in [4.78, 5) is 4.12. The molecule has 0 saturated carbocycles. The summed E-state index contributed by atoms with van der Waals surface area (Å²) < 4.78 is 0. The van der Waals surface area contributed by atoms with Crippen LogP contribution in [0.25, 0.3) is 0 Å².